The largest absolute Gasteiger partial charge is 0.368 e. The zero-order valence-electron chi connectivity index (χ0n) is 13.0. The summed E-state index contributed by atoms with van der Waals surface area (Å²) in [6.45, 7) is 3.68. The molecule has 0 aromatic carbocycles. The van der Waals surface area contributed by atoms with E-state index in [1.54, 1.807) is 0 Å². The van der Waals surface area contributed by atoms with Crippen LogP contribution in [-0.2, 0) is 4.79 Å². The summed E-state index contributed by atoms with van der Waals surface area (Å²) in [4.78, 5) is 26.1. The van der Waals surface area contributed by atoms with Crippen LogP contribution in [0.15, 0.2) is 30.7 Å². The van der Waals surface area contributed by atoms with E-state index in [2.05, 4.69) is 26.8 Å². The first-order valence-corrected chi connectivity index (χ1v) is 7.93. The predicted octanol–water partition coefficient (Wildman–Crippen LogP) is 1.77. The van der Waals surface area contributed by atoms with E-state index < -0.39 is 0 Å². The molecule has 0 aliphatic carbocycles. The van der Waals surface area contributed by atoms with Gasteiger partial charge in [-0.2, -0.15) is 0 Å². The van der Waals surface area contributed by atoms with Gasteiger partial charge in [0.2, 0.25) is 5.91 Å². The maximum atomic E-state index is 11.7. The Labute approximate surface area is 133 Å². The van der Waals surface area contributed by atoms with E-state index in [0.717, 1.165) is 47.0 Å². The number of likely N-dealkylation sites (tertiary alicyclic amines) is 1. The number of likely N-dealkylation sites (N-methyl/N-ethyl adjacent to an activating group) is 1. The smallest absolute Gasteiger partial charge is 0.234 e. The lowest BCUT2D eigenvalue weighted by atomic mass is 9.95. The summed E-state index contributed by atoms with van der Waals surface area (Å²) in [6.07, 6.45) is 6.32. The molecule has 6 heteroatoms. The predicted molar refractivity (Wildman–Crippen MR) is 89.0 cm³/mol. The number of amides is 1. The van der Waals surface area contributed by atoms with E-state index in [-0.39, 0.29) is 17.9 Å². The lowest BCUT2D eigenvalue weighted by Gasteiger charge is -2.18. The second-order valence-electron chi connectivity index (χ2n) is 6.10. The second-order valence-corrected chi connectivity index (χ2v) is 6.10. The molecule has 4 rings (SSSR count). The number of primary amides is 1. The number of nitrogens with zero attached hydrogens (tertiary/aromatic N) is 3. The van der Waals surface area contributed by atoms with Gasteiger partial charge in [0.15, 0.2) is 0 Å². The van der Waals surface area contributed by atoms with Crippen LogP contribution in [0.2, 0.25) is 0 Å². The average Bonchev–Trinajstić information content (AvgIpc) is 3.20. The summed E-state index contributed by atoms with van der Waals surface area (Å²) in [6, 6.07) is 3.82. The van der Waals surface area contributed by atoms with Gasteiger partial charge in [-0.15, -0.1) is 0 Å². The normalized spacial score (nSPS) is 22.1. The minimum absolute atomic E-state index is 0.203. The fourth-order valence-electron chi connectivity index (χ4n) is 3.75. The summed E-state index contributed by atoms with van der Waals surface area (Å²) in [7, 11) is 0. The Hall–Kier alpha value is -2.47. The van der Waals surface area contributed by atoms with Crippen LogP contribution < -0.4 is 5.73 Å². The molecule has 6 nitrogen and oxygen atoms in total. The lowest BCUT2D eigenvalue weighted by molar-refractivity contribution is -0.122. The van der Waals surface area contributed by atoms with Crippen molar-refractivity contribution in [2.75, 3.05) is 13.1 Å². The van der Waals surface area contributed by atoms with Gasteiger partial charge >= 0.3 is 0 Å². The molecule has 23 heavy (non-hydrogen) atoms. The monoisotopic (exact) mass is 309 g/mol. The van der Waals surface area contributed by atoms with Gasteiger partial charge in [-0.1, -0.05) is 6.92 Å². The molecule has 0 spiro atoms. The third-order valence-electron chi connectivity index (χ3n) is 4.86. The second kappa shape index (κ2) is 5.31. The van der Waals surface area contributed by atoms with Gasteiger partial charge in [0.1, 0.15) is 5.65 Å². The van der Waals surface area contributed by atoms with Crippen molar-refractivity contribution in [3.8, 4) is 0 Å². The first-order valence-electron chi connectivity index (χ1n) is 7.93. The number of H-pyrrole nitrogens is 1. The molecule has 118 valence electrons. The van der Waals surface area contributed by atoms with Gasteiger partial charge < -0.3 is 10.7 Å². The van der Waals surface area contributed by atoms with Crippen LogP contribution in [-0.4, -0.2) is 44.9 Å². The van der Waals surface area contributed by atoms with Gasteiger partial charge in [0, 0.05) is 47.2 Å². The molecule has 0 radical (unpaired) electrons. The molecule has 1 fully saturated rings. The van der Waals surface area contributed by atoms with Crippen molar-refractivity contribution >= 4 is 27.7 Å². The highest BCUT2D eigenvalue weighted by atomic mass is 16.1. The maximum Gasteiger partial charge on any atom is 0.234 e. The molecular formula is C17H19N5O. The van der Waals surface area contributed by atoms with Gasteiger partial charge in [0.25, 0.3) is 0 Å². The lowest BCUT2D eigenvalue weighted by Crippen LogP contribution is -2.39. The summed E-state index contributed by atoms with van der Waals surface area (Å²) < 4.78 is 0. The standard InChI is InChI=1S/C17H19N5O/c1-2-22-9-11(7-13(22)16(18)23)15-14-10(3-5-19-15)8-21-17-12(14)4-6-20-17/h3-6,8,11,13H,2,7,9H2,1H3,(H2,18,23)(H,20,21). The minimum Gasteiger partial charge on any atom is -0.368 e. The highest BCUT2D eigenvalue weighted by Crippen LogP contribution is 2.36. The van der Waals surface area contributed by atoms with Crippen molar-refractivity contribution in [2.24, 2.45) is 5.73 Å². The zero-order chi connectivity index (χ0) is 16.0. The summed E-state index contributed by atoms with van der Waals surface area (Å²) >= 11 is 0. The molecule has 3 aromatic heterocycles. The van der Waals surface area contributed by atoms with Crippen LogP contribution in [0.1, 0.15) is 25.0 Å². The number of hydrogen-bond acceptors (Lipinski definition) is 4. The number of nitrogens with one attached hydrogen (secondary N) is 1. The van der Waals surface area contributed by atoms with Gasteiger partial charge in [0.05, 0.1) is 11.7 Å². The number of aromatic nitrogens is 3. The first kappa shape index (κ1) is 14.1. The number of carbonyl (C=O) groups is 1. The van der Waals surface area contributed by atoms with Crippen LogP contribution in [0.25, 0.3) is 21.8 Å². The minimum atomic E-state index is -0.247. The molecule has 2 atom stereocenters. The molecule has 0 saturated carbocycles. The van der Waals surface area contributed by atoms with Gasteiger partial charge in [-0.25, -0.2) is 4.98 Å². The van der Waals surface area contributed by atoms with Crippen molar-refractivity contribution in [3.05, 3.63) is 36.4 Å². The number of pyridine rings is 2. The van der Waals surface area contributed by atoms with E-state index in [1.807, 2.05) is 30.7 Å². The van der Waals surface area contributed by atoms with Crippen molar-refractivity contribution in [2.45, 2.75) is 25.3 Å². The number of fused-ring (bicyclic) bond motifs is 3. The topological polar surface area (TPSA) is 87.9 Å². The number of carbonyl (C=O) groups excluding carboxylic acids is 1. The third kappa shape index (κ3) is 2.17. The molecule has 3 N–H and O–H groups in total. The first-order chi connectivity index (χ1) is 11.2. The highest BCUT2D eigenvalue weighted by Gasteiger charge is 2.36. The Balaban J connectivity index is 1.86. The summed E-state index contributed by atoms with van der Waals surface area (Å²) in [5.74, 6) is -0.0419. The van der Waals surface area contributed by atoms with Crippen LogP contribution in [0.3, 0.4) is 0 Å². The fraction of sp³-hybridized carbons (Fsp3) is 0.353. The Bertz CT molecular complexity index is 887. The molecule has 1 aliphatic heterocycles. The molecule has 1 aliphatic rings. The van der Waals surface area contributed by atoms with Crippen molar-refractivity contribution in [3.63, 3.8) is 0 Å². The maximum absolute atomic E-state index is 11.7. The van der Waals surface area contributed by atoms with E-state index in [1.165, 1.54) is 0 Å². The van der Waals surface area contributed by atoms with Crippen LogP contribution in [0.4, 0.5) is 0 Å². The van der Waals surface area contributed by atoms with Gasteiger partial charge in [-0.05, 0) is 25.1 Å². The Morgan fingerprint density at radius 3 is 3.04 bits per heavy atom. The SMILES string of the molecule is CCN1CC(c2nccc3cnc4[nH]ccc4c23)CC1C(N)=O. The number of rotatable bonds is 3. The Morgan fingerprint density at radius 1 is 1.43 bits per heavy atom. The van der Waals surface area contributed by atoms with Crippen molar-refractivity contribution in [1.82, 2.24) is 19.9 Å². The van der Waals surface area contributed by atoms with Crippen LogP contribution in [0, 0.1) is 0 Å². The van der Waals surface area contributed by atoms with Gasteiger partial charge in [-0.3, -0.25) is 14.7 Å². The molecule has 4 heterocycles. The molecule has 1 amide bonds. The van der Waals surface area contributed by atoms with E-state index in [4.69, 9.17) is 5.73 Å². The van der Waals surface area contributed by atoms with Crippen LogP contribution in [0.5, 0.6) is 0 Å². The van der Waals surface area contributed by atoms with Crippen LogP contribution >= 0.6 is 0 Å². The molecule has 0 bridgehead atoms. The van der Waals surface area contributed by atoms with Crippen molar-refractivity contribution < 1.29 is 4.79 Å². The van der Waals surface area contributed by atoms with Crippen molar-refractivity contribution in [1.29, 1.82) is 0 Å². The zero-order valence-corrected chi connectivity index (χ0v) is 13.0. The van der Waals surface area contributed by atoms with E-state index in [0.29, 0.717) is 0 Å². The number of nitrogens with two attached hydrogens (primary N) is 1. The number of aromatic amines is 1. The average molecular weight is 309 g/mol. The highest BCUT2D eigenvalue weighted by molar-refractivity contribution is 6.06. The number of hydrogen-bond donors (Lipinski definition) is 2. The van der Waals surface area contributed by atoms with E-state index >= 15 is 0 Å². The third-order valence-corrected chi connectivity index (χ3v) is 4.86. The molecular weight excluding hydrogens is 290 g/mol. The summed E-state index contributed by atoms with van der Waals surface area (Å²) in [5.41, 5.74) is 7.48. The van der Waals surface area contributed by atoms with E-state index in [9.17, 15) is 4.79 Å². The molecule has 2 unspecified atom stereocenters. The quantitative estimate of drug-likeness (QED) is 0.772. The molecule has 3 aromatic rings. The molecule has 1 saturated heterocycles. The Morgan fingerprint density at radius 2 is 2.30 bits per heavy atom. The summed E-state index contributed by atoms with van der Waals surface area (Å²) in [5, 5.41) is 3.29. The fourth-order valence-corrected chi connectivity index (χ4v) is 3.75. The Kier molecular flexibility index (Phi) is 3.27.